The predicted octanol–water partition coefficient (Wildman–Crippen LogP) is 8.95. The Balaban J connectivity index is 1.54. The van der Waals surface area contributed by atoms with Gasteiger partial charge in [-0.3, -0.25) is 0 Å². The predicted molar refractivity (Wildman–Crippen MR) is 158 cm³/mol. The van der Waals surface area contributed by atoms with Crippen LogP contribution in [-0.4, -0.2) is 15.0 Å². The van der Waals surface area contributed by atoms with E-state index < -0.39 is 0 Å². The first-order valence-corrected chi connectivity index (χ1v) is 12.9. The number of fused-ring (bicyclic) bond motifs is 5. The third kappa shape index (κ3) is 3.80. The number of hydrogen-bond donors (Lipinski definition) is 0. The first-order chi connectivity index (χ1) is 18.6. The van der Waals surface area contributed by atoms with Gasteiger partial charge in [0, 0.05) is 16.7 Å². The summed E-state index contributed by atoms with van der Waals surface area (Å²) >= 11 is 0. The molecule has 0 saturated heterocycles. The van der Waals surface area contributed by atoms with E-state index in [4.69, 9.17) is 15.0 Å². The number of aromatic nitrogens is 3. The maximum Gasteiger partial charge on any atom is 0.164 e. The molecule has 0 aliphatic carbocycles. The van der Waals surface area contributed by atoms with Crippen LogP contribution < -0.4 is 0 Å². The normalized spacial score (nSPS) is 11.4. The summed E-state index contributed by atoms with van der Waals surface area (Å²) in [5.41, 5.74) is 5.36. The van der Waals surface area contributed by atoms with Crippen molar-refractivity contribution in [3.63, 3.8) is 0 Å². The van der Waals surface area contributed by atoms with E-state index in [1.807, 2.05) is 0 Å². The molecule has 0 unspecified atom stereocenters. The van der Waals surface area contributed by atoms with Gasteiger partial charge in [0.2, 0.25) is 0 Å². The highest BCUT2D eigenvalue weighted by Crippen LogP contribution is 2.38. The molecule has 3 nitrogen and oxygen atoms in total. The Morgan fingerprint density at radius 3 is 1.55 bits per heavy atom. The molecule has 0 aliphatic heterocycles. The molecule has 38 heavy (non-hydrogen) atoms. The number of nitrogens with zero attached hydrogens (tertiary/aromatic N) is 3. The zero-order chi connectivity index (χ0) is 25.6. The summed E-state index contributed by atoms with van der Waals surface area (Å²) in [6.07, 6.45) is 0. The van der Waals surface area contributed by atoms with Gasteiger partial charge in [-0.05, 0) is 52.2 Å². The second-order valence-corrected chi connectivity index (χ2v) is 9.89. The Morgan fingerprint density at radius 1 is 0.421 bits per heavy atom. The standard InChI is InChI=1S/C35H25N3/c1-22-11-15-25(16-12-22)33-36-34(26-17-13-23(2)14-18-26)38-35(37-33)31-21-27-20-19-24-7-3-4-8-28(24)32(27)30-10-6-5-9-29(30)31/h3-21H,1-2H3. The summed E-state index contributed by atoms with van der Waals surface area (Å²) in [7, 11) is 0. The van der Waals surface area contributed by atoms with E-state index in [1.54, 1.807) is 0 Å². The highest BCUT2D eigenvalue weighted by Gasteiger charge is 2.16. The van der Waals surface area contributed by atoms with E-state index in [0.29, 0.717) is 17.5 Å². The van der Waals surface area contributed by atoms with Gasteiger partial charge < -0.3 is 0 Å². The van der Waals surface area contributed by atoms with Gasteiger partial charge in [-0.15, -0.1) is 0 Å². The topological polar surface area (TPSA) is 38.7 Å². The summed E-state index contributed by atoms with van der Waals surface area (Å²) in [4.78, 5) is 15.0. The summed E-state index contributed by atoms with van der Waals surface area (Å²) < 4.78 is 0. The minimum Gasteiger partial charge on any atom is -0.208 e. The third-order valence-electron chi connectivity index (χ3n) is 7.24. The van der Waals surface area contributed by atoms with Crippen molar-refractivity contribution in [1.82, 2.24) is 15.0 Å². The molecule has 3 heteroatoms. The molecule has 6 aromatic carbocycles. The van der Waals surface area contributed by atoms with E-state index in [2.05, 4.69) is 129 Å². The SMILES string of the molecule is Cc1ccc(-c2nc(-c3ccc(C)cc3)nc(-c3cc4ccc5ccccc5c4c4ccccc34)n2)cc1. The quantitative estimate of drug-likeness (QED) is 0.234. The molecule has 0 fully saturated rings. The summed E-state index contributed by atoms with van der Waals surface area (Å²) in [6.45, 7) is 4.18. The van der Waals surface area contributed by atoms with Crippen LogP contribution in [0.3, 0.4) is 0 Å². The molecule has 0 saturated carbocycles. The second-order valence-electron chi connectivity index (χ2n) is 9.89. The lowest BCUT2D eigenvalue weighted by atomic mass is 9.93. The van der Waals surface area contributed by atoms with E-state index in [0.717, 1.165) is 22.1 Å². The highest BCUT2D eigenvalue weighted by molar-refractivity contribution is 6.23. The lowest BCUT2D eigenvalue weighted by Gasteiger charge is -2.14. The fraction of sp³-hybridized carbons (Fsp3) is 0.0571. The molecular weight excluding hydrogens is 462 g/mol. The fourth-order valence-electron chi connectivity index (χ4n) is 5.22. The molecule has 180 valence electrons. The Bertz CT molecular complexity index is 1910. The van der Waals surface area contributed by atoms with E-state index in [9.17, 15) is 0 Å². The zero-order valence-electron chi connectivity index (χ0n) is 21.3. The number of hydrogen-bond acceptors (Lipinski definition) is 3. The van der Waals surface area contributed by atoms with Gasteiger partial charge >= 0.3 is 0 Å². The molecular formula is C35H25N3. The van der Waals surface area contributed by atoms with E-state index in [-0.39, 0.29) is 0 Å². The van der Waals surface area contributed by atoms with Crippen molar-refractivity contribution < 1.29 is 0 Å². The number of aryl methyl sites for hydroxylation is 2. The van der Waals surface area contributed by atoms with Gasteiger partial charge in [0.15, 0.2) is 17.5 Å². The number of benzene rings is 6. The molecule has 7 aromatic rings. The van der Waals surface area contributed by atoms with Gasteiger partial charge in [0.1, 0.15) is 0 Å². The number of rotatable bonds is 3. The molecule has 0 spiro atoms. The first kappa shape index (κ1) is 22.3. The van der Waals surface area contributed by atoms with Crippen molar-refractivity contribution in [2.75, 3.05) is 0 Å². The molecule has 0 atom stereocenters. The lowest BCUT2D eigenvalue weighted by Crippen LogP contribution is -2.01. The van der Waals surface area contributed by atoms with Crippen molar-refractivity contribution in [3.05, 3.63) is 126 Å². The van der Waals surface area contributed by atoms with Crippen LogP contribution in [0, 0.1) is 13.8 Å². The Morgan fingerprint density at radius 2 is 0.921 bits per heavy atom. The molecule has 0 amide bonds. The third-order valence-corrected chi connectivity index (χ3v) is 7.24. The monoisotopic (exact) mass is 487 g/mol. The molecule has 0 aliphatic rings. The molecule has 0 bridgehead atoms. The minimum absolute atomic E-state index is 0.674. The average Bonchev–Trinajstić information content (AvgIpc) is 2.97. The Kier molecular flexibility index (Phi) is 5.22. The van der Waals surface area contributed by atoms with Crippen LogP contribution in [0.1, 0.15) is 11.1 Å². The largest absolute Gasteiger partial charge is 0.208 e. The van der Waals surface area contributed by atoms with Crippen LogP contribution in [-0.2, 0) is 0 Å². The van der Waals surface area contributed by atoms with Gasteiger partial charge in [0.25, 0.3) is 0 Å². The van der Waals surface area contributed by atoms with Crippen molar-refractivity contribution in [2.45, 2.75) is 13.8 Å². The van der Waals surface area contributed by atoms with Crippen LogP contribution in [0.15, 0.2) is 115 Å². The van der Waals surface area contributed by atoms with Gasteiger partial charge in [-0.2, -0.15) is 0 Å². The van der Waals surface area contributed by atoms with Gasteiger partial charge in [-0.1, -0.05) is 120 Å². The van der Waals surface area contributed by atoms with Gasteiger partial charge in [0.05, 0.1) is 0 Å². The van der Waals surface area contributed by atoms with Crippen LogP contribution in [0.5, 0.6) is 0 Å². The van der Waals surface area contributed by atoms with Crippen LogP contribution in [0.2, 0.25) is 0 Å². The lowest BCUT2D eigenvalue weighted by molar-refractivity contribution is 1.08. The average molecular weight is 488 g/mol. The Labute approximate surface area is 221 Å². The summed E-state index contributed by atoms with van der Waals surface area (Å²) in [6, 6.07) is 40.5. The van der Waals surface area contributed by atoms with Crippen LogP contribution >= 0.6 is 0 Å². The summed E-state index contributed by atoms with van der Waals surface area (Å²) in [5.74, 6) is 2.03. The van der Waals surface area contributed by atoms with E-state index in [1.165, 1.54) is 38.1 Å². The highest BCUT2D eigenvalue weighted by atomic mass is 15.0. The maximum absolute atomic E-state index is 5.04. The van der Waals surface area contributed by atoms with Crippen molar-refractivity contribution >= 4 is 32.3 Å². The molecule has 1 heterocycles. The molecule has 7 rings (SSSR count). The minimum atomic E-state index is 0.674. The second kappa shape index (κ2) is 8.89. The molecule has 1 aromatic heterocycles. The van der Waals surface area contributed by atoms with Crippen molar-refractivity contribution in [2.24, 2.45) is 0 Å². The fourth-order valence-corrected chi connectivity index (χ4v) is 5.22. The van der Waals surface area contributed by atoms with Gasteiger partial charge in [-0.25, -0.2) is 15.0 Å². The zero-order valence-corrected chi connectivity index (χ0v) is 21.3. The molecule has 0 N–H and O–H groups in total. The first-order valence-electron chi connectivity index (χ1n) is 12.9. The van der Waals surface area contributed by atoms with Crippen LogP contribution in [0.25, 0.3) is 66.5 Å². The van der Waals surface area contributed by atoms with E-state index >= 15 is 0 Å². The smallest absolute Gasteiger partial charge is 0.164 e. The summed E-state index contributed by atoms with van der Waals surface area (Å²) in [5, 5.41) is 7.25. The van der Waals surface area contributed by atoms with Crippen LogP contribution in [0.4, 0.5) is 0 Å². The van der Waals surface area contributed by atoms with Crippen molar-refractivity contribution in [1.29, 1.82) is 0 Å². The molecule has 0 radical (unpaired) electrons. The maximum atomic E-state index is 5.04. The Hall–Kier alpha value is -4.89. The van der Waals surface area contributed by atoms with Crippen molar-refractivity contribution in [3.8, 4) is 34.2 Å².